The average molecular weight is 404 g/mol. The van der Waals surface area contributed by atoms with Crippen molar-refractivity contribution in [2.24, 2.45) is 0 Å². The van der Waals surface area contributed by atoms with E-state index in [1.807, 2.05) is 51.1 Å². The largest absolute Gasteiger partial charge is 0.445 e. The van der Waals surface area contributed by atoms with Crippen LogP contribution in [-0.2, 0) is 16.1 Å². The SMILES string of the molecule is CC1CN(C(=O)OC(C)(C)C)CC2(CCN(C(=O)OCc3ccccc3)CC2)N1. The van der Waals surface area contributed by atoms with Crippen molar-refractivity contribution in [1.82, 2.24) is 15.1 Å². The molecule has 0 radical (unpaired) electrons. The van der Waals surface area contributed by atoms with E-state index in [2.05, 4.69) is 12.2 Å². The van der Waals surface area contributed by atoms with Gasteiger partial charge in [-0.05, 0) is 46.1 Å². The molecule has 7 heteroatoms. The summed E-state index contributed by atoms with van der Waals surface area (Å²) in [6.07, 6.45) is 1.00. The Bertz CT molecular complexity index is 709. The van der Waals surface area contributed by atoms with E-state index in [1.54, 1.807) is 9.80 Å². The third-order valence-corrected chi connectivity index (χ3v) is 5.38. The smallest absolute Gasteiger partial charge is 0.410 e. The van der Waals surface area contributed by atoms with E-state index in [0.717, 1.165) is 18.4 Å². The zero-order valence-electron chi connectivity index (χ0n) is 17.9. The van der Waals surface area contributed by atoms with Gasteiger partial charge in [0.25, 0.3) is 0 Å². The Hall–Kier alpha value is -2.28. The zero-order chi connectivity index (χ0) is 21.1. The average Bonchev–Trinajstić information content (AvgIpc) is 2.65. The molecular weight excluding hydrogens is 370 g/mol. The number of piperazine rings is 1. The van der Waals surface area contributed by atoms with Crippen LogP contribution >= 0.6 is 0 Å². The quantitative estimate of drug-likeness (QED) is 0.820. The van der Waals surface area contributed by atoms with E-state index in [4.69, 9.17) is 9.47 Å². The van der Waals surface area contributed by atoms with Crippen molar-refractivity contribution < 1.29 is 19.1 Å². The number of hydrogen-bond acceptors (Lipinski definition) is 5. The molecule has 2 amide bonds. The lowest BCUT2D eigenvalue weighted by molar-refractivity contribution is -0.00403. The van der Waals surface area contributed by atoms with E-state index >= 15 is 0 Å². The summed E-state index contributed by atoms with van der Waals surface area (Å²) in [6.45, 7) is 10.4. The summed E-state index contributed by atoms with van der Waals surface area (Å²) in [5.74, 6) is 0. The highest BCUT2D eigenvalue weighted by Gasteiger charge is 2.43. The van der Waals surface area contributed by atoms with Gasteiger partial charge in [-0.1, -0.05) is 30.3 Å². The van der Waals surface area contributed by atoms with Gasteiger partial charge in [0.15, 0.2) is 0 Å². The molecule has 1 aromatic carbocycles. The molecule has 2 aliphatic rings. The number of piperidine rings is 1. The normalized spacial score (nSPS) is 21.7. The maximum Gasteiger partial charge on any atom is 0.410 e. The first-order valence-corrected chi connectivity index (χ1v) is 10.4. The van der Waals surface area contributed by atoms with E-state index in [1.165, 1.54) is 0 Å². The summed E-state index contributed by atoms with van der Waals surface area (Å²) in [6, 6.07) is 9.86. The van der Waals surface area contributed by atoms with Crippen molar-refractivity contribution in [3.8, 4) is 0 Å². The molecule has 0 aliphatic carbocycles. The van der Waals surface area contributed by atoms with Gasteiger partial charge in [0.1, 0.15) is 12.2 Å². The predicted octanol–water partition coefficient (Wildman–Crippen LogP) is 3.39. The van der Waals surface area contributed by atoms with Gasteiger partial charge >= 0.3 is 12.2 Å². The number of carbonyl (C=O) groups is 2. The Labute approximate surface area is 173 Å². The minimum absolute atomic E-state index is 0.174. The molecule has 2 saturated heterocycles. The lowest BCUT2D eigenvalue weighted by Crippen LogP contribution is -2.68. The molecule has 1 atom stereocenters. The molecular formula is C22H33N3O4. The molecule has 160 valence electrons. The van der Waals surface area contributed by atoms with Crippen LogP contribution < -0.4 is 5.32 Å². The van der Waals surface area contributed by atoms with Crippen molar-refractivity contribution in [3.63, 3.8) is 0 Å². The number of carbonyl (C=O) groups excluding carboxylic acids is 2. The summed E-state index contributed by atoms with van der Waals surface area (Å²) < 4.78 is 11.0. The lowest BCUT2D eigenvalue weighted by Gasteiger charge is -2.50. The number of benzene rings is 1. The molecule has 0 bridgehead atoms. The molecule has 1 N–H and O–H groups in total. The summed E-state index contributed by atoms with van der Waals surface area (Å²) in [5, 5.41) is 3.67. The maximum atomic E-state index is 12.6. The molecule has 2 aliphatic heterocycles. The first-order valence-electron chi connectivity index (χ1n) is 10.4. The van der Waals surface area contributed by atoms with Gasteiger partial charge in [-0.25, -0.2) is 9.59 Å². The summed E-state index contributed by atoms with van der Waals surface area (Å²) in [4.78, 5) is 28.6. The van der Waals surface area contributed by atoms with Crippen LogP contribution in [0, 0.1) is 0 Å². The molecule has 1 unspecified atom stereocenters. The second-order valence-electron chi connectivity index (χ2n) is 9.21. The molecule has 0 saturated carbocycles. The molecule has 2 heterocycles. The second kappa shape index (κ2) is 8.61. The monoisotopic (exact) mass is 403 g/mol. The van der Waals surface area contributed by atoms with Crippen LogP contribution in [0.15, 0.2) is 30.3 Å². The predicted molar refractivity (Wildman–Crippen MR) is 111 cm³/mol. The van der Waals surface area contributed by atoms with Crippen molar-refractivity contribution >= 4 is 12.2 Å². The minimum Gasteiger partial charge on any atom is -0.445 e. The van der Waals surface area contributed by atoms with E-state index in [9.17, 15) is 9.59 Å². The lowest BCUT2D eigenvalue weighted by atomic mass is 9.84. The standard InChI is InChI=1S/C22H33N3O4/c1-17-14-25(20(27)29-21(2,3)4)16-22(23-17)10-12-24(13-11-22)19(26)28-15-18-8-6-5-7-9-18/h5-9,17,23H,10-16H2,1-4H3. The fourth-order valence-corrected chi connectivity index (χ4v) is 4.07. The van der Waals surface area contributed by atoms with E-state index < -0.39 is 5.60 Å². The fraction of sp³-hybridized carbons (Fsp3) is 0.636. The third-order valence-electron chi connectivity index (χ3n) is 5.38. The number of likely N-dealkylation sites (tertiary alicyclic amines) is 1. The van der Waals surface area contributed by atoms with Crippen LogP contribution in [0.1, 0.15) is 46.1 Å². The molecule has 1 spiro atoms. The number of nitrogens with zero attached hydrogens (tertiary/aromatic N) is 2. The van der Waals surface area contributed by atoms with E-state index in [-0.39, 0.29) is 30.4 Å². The van der Waals surface area contributed by atoms with Crippen LogP contribution in [0.25, 0.3) is 0 Å². The molecule has 7 nitrogen and oxygen atoms in total. The minimum atomic E-state index is -0.510. The van der Waals surface area contributed by atoms with Crippen LogP contribution in [0.5, 0.6) is 0 Å². The van der Waals surface area contributed by atoms with Crippen LogP contribution in [0.3, 0.4) is 0 Å². The Kier molecular flexibility index (Phi) is 6.36. The first-order chi connectivity index (χ1) is 13.7. The molecule has 1 aromatic rings. The number of rotatable bonds is 2. The third kappa shape index (κ3) is 5.85. The Morgan fingerprint density at radius 3 is 2.38 bits per heavy atom. The highest BCUT2D eigenvalue weighted by Crippen LogP contribution is 2.28. The van der Waals surface area contributed by atoms with Gasteiger partial charge in [-0.2, -0.15) is 0 Å². The Balaban J connectivity index is 1.53. The van der Waals surface area contributed by atoms with Gasteiger partial charge < -0.3 is 24.6 Å². The molecule has 3 rings (SSSR count). The summed E-state index contributed by atoms with van der Waals surface area (Å²) in [5.41, 5.74) is 0.278. The van der Waals surface area contributed by atoms with Crippen molar-refractivity contribution in [2.45, 2.75) is 64.3 Å². The van der Waals surface area contributed by atoms with Gasteiger partial charge in [-0.15, -0.1) is 0 Å². The van der Waals surface area contributed by atoms with Crippen LogP contribution in [-0.4, -0.2) is 65.3 Å². The van der Waals surface area contributed by atoms with Crippen molar-refractivity contribution in [3.05, 3.63) is 35.9 Å². The first kappa shape index (κ1) is 21.4. The van der Waals surface area contributed by atoms with Gasteiger partial charge in [0.2, 0.25) is 0 Å². The van der Waals surface area contributed by atoms with Gasteiger partial charge in [0.05, 0.1) is 0 Å². The Morgan fingerprint density at radius 2 is 1.76 bits per heavy atom. The van der Waals surface area contributed by atoms with Gasteiger partial charge in [0, 0.05) is 37.8 Å². The number of nitrogens with one attached hydrogen (secondary N) is 1. The fourth-order valence-electron chi connectivity index (χ4n) is 4.07. The van der Waals surface area contributed by atoms with Crippen LogP contribution in [0.2, 0.25) is 0 Å². The number of ether oxygens (including phenoxy) is 2. The molecule has 0 aromatic heterocycles. The molecule has 29 heavy (non-hydrogen) atoms. The summed E-state index contributed by atoms with van der Waals surface area (Å²) in [7, 11) is 0. The highest BCUT2D eigenvalue weighted by molar-refractivity contribution is 5.69. The Morgan fingerprint density at radius 1 is 1.10 bits per heavy atom. The van der Waals surface area contributed by atoms with Gasteiger partial charge in [-0.3, -0.25) is 0 Å². The van der Waals surface area contributed by atoms with Crippen molar-refractivity contribution in [1.29, 1.82) is 0 Å². The molecule has 2 fully saturated rings. The topological polar surface area (TPSA) is 71.1 Å². The zero-order valence-corrected chi connectivity index (χ0v) is 17.9. The maximum absolute atomic E-state index is 12.6. The van der Waals surface area contributed by atoms with Crippen molar-refractivity contribution in [2.75, 3.05) is 26.2 Å². The van der Waals surface area contributed by atoms with Crippen LogP contribution in [0.4, 0.5) is 9.59 Å². The van der Waals surface area contributed by atoms with E-state index in [0.29, 0.717) is 26.2 Å². The highest BCUT2D eigenvalue weighted by atomic mass is 16.6. The second-order valence-corrected chi connectivity index (χ2v) is 9.21. The summed E-state index contributed by atoms with van der Waals surface area (Å²) >= 11 is 0. The number of amides is 2. The number of hydrogen-bond donors (Lipinski definition) is 1.